The first-order valence-corrected chi connectivity index (χ1v) is 9.47. The Kier molecular flexibility index (Phi) is 6.71. The van der Waals surface area contributed by atoms with E-state index in [0.29, 0.717) is 12.2 Å². The summed E-state index contributed by atoms with van der Waals surface area (Å²) in [5.41, 5.74) is 3.10. The van der Waals surface area contributed by atoms with E-state index in [0.717, 1.165) is 48.3 Å². The molecule has 3 rings (SSSR count). The number of likely N-dealkylation sites (N-methyl/N-ethyl adjacent to an activating group) is 1. The van der Waals surface area contributed by atoms with E-state index in [9.17, 15) is 8.78 Å². The van der Waals surface area contributed by atoms with Crippen molar-refractivity contribution >= 4 is 0 Å². The SMILES string of the molecule is CCN(CC)CCOc1ccc(-c2ccc(-c3ccc(F)c(F)c3)cn2)cc1. The van der Waals surface area contributed by atoms with E-state index in [2.05, 4.69) is 23.7 Å². The van der Waals surface area contributed by atoms with E-state index < -0.39 is 11.6 Å². The molecule has 0 N–H and O–H groups in total. The van der Waals surface area contributed by atoms with Crippen molar-refractivity contribution in [1.82, 2.24) is 9.88 Å². The molecule has 3 nitrogen and oxygen atoms in total. The zero-order valence-electron chi connectivity index (χ0n) is 16.2. The van der Waals surface area contributed by atoms with E-state index >= 15 is 0 Å². The van der Waals surface area contributed by atoms with Gasteiger partial charge < -0.3 is 9.64 Å². The van der Waals surface area contributed by atoms with Crippen LogP contribution in [0.15, 0.2) is 60.8 Å². The fourth-order valence-corrected chi connectivity index (χ4v) is 2.97. The Morgan fingerprint density at radius 1 is 0.821 bits per heavy atom. The van der Waals surface area contributed by atoms with Crippen LogP contribution < -0.4 is 4.74 Å². The average molecular weight is 382 g/mol. The maximum atomic E-state index is 13.4. The number of aromatic nitrogens is 1. The minimum Gasteiger partial charge on any atom is -0.492 e. The van der Waals surface area contributed by atoms with Crippen molar-refractivity contribution < 1.29 is 13.5 Å². The molecule has 0 aliphatic rings. The minimum atomic E-state index is -0.863. The van der Waals surface area contributed by atoms with Crippen LogP contribution >= 0.6 is 0 Å². The van der Waals surface area contributed by atoms with E-state index in [1.165, 1.54) is 6.07 Å². The lowest BCUT2D eigenvalue weighted by Crippen LogP contribution is -2.27. The molecule has 0 amide bonds. The topological polar surface area (TPSA) is 25.4 Å². The molecule has 146 valence electrons. The van der Waals surface area contributed by atoms with Crippen LogP contribution in [-0.2, 0) is 0 Å². The van der Waals surface area contributed by atoms with Gasteiger partial charge in [-0.3, -0.25) is 4.98 Å². The van der Waals surface area contributed by atoms with E-state index in [4.69, 9.17) is 4.74 Å². The summed E-state index contributed by atoms with van der Waals surface area (Å²) in [7, 11) is 0. The smallest absolute Gasteiger partial charge is 0.159 e. The third kappa shape index (κ3) is 4.93. The summed E-state index contributed by atoms with van der Waals surface area (Å²) in [6.45, 7) is 7.88. The monoisotopic (exact) mass is 382 g/mol. The largest absolute Gasteiger partial charge is 0.492 e. The molecule has 0 saturated carbocycles. The number of hydrogen-bond acceptors (Lipinski definition) is 3. The van der Waals surface area contributed by atoms with Crippen molar-refractivity contribution in [2.24, 2.45) is 0 Å². The standard InChI is InChI=1S/C23H24F2N2O/c1-3-27(4-2)13-14-28-20-9-5-17(6-10-20)23-12-8-19(16-26-23)18-7-11-21(24)22(25)15-18/h5-12,15-16H,3-4,13-14H2,1-2H3. The second-order valence-corrected chi connectivity index (χ2v) is 6.46. The molecule has 5 heteroatoms. The summed E-state index contributed by atoms with van der Waals surface area (Å²) in [6.07, 6.45) is 1.66. The van der Waals surface area contributed by atoms with Gasteiger partial charge in [-0.2, -0.15) is 0 Å². The Morgan fingerprint density at radius 2 is 1.50 bits per heavy atom. The summed E-state index contributed by atoms with van der Waals surface area (Å²) in [5.74, 6) is -0.889. The quantitative estimate of drug-likeness (QED) is 0.521. The number of nitrogens with zero attached hydrogens (tertiary/aromatic N) is 2. The highest BCUT2D eigenvalue weighted by atomic mass is 19.2. The lowest BCUT2D eigenvalue weighted by atomic mass is 10.1. The van der Waals surface area contributed by atoms with Gasteiger partial charge in [-0.1, -0.05) is 26.0 Å². The summed E-state index contributed by atoms with van der Waals surface area (Å²) >= 11 is 0. The number of benzene rings is 2. The van der Waals surface area contributed by atoms with Crippen LogP contribution in [0.2, 0.25) is 0 Å². The van der Waals surface area contributed by atoms with E-state index in [1.54, 1.807) is 12.3 Å². The van der Waals surface area contributed by atoms with Crippen molar-refractivity contribution in [2.75, 3.05) is 26.2 Å². The molecule has 0 spiro atoms. The highest BCUT2D eigenvalue weighted by Crippen LogP contribution is 2.25. The first-order chi connectivity index (χ1) is 13.6. The van der Waals surface area contributed by atoms with Crippen LogP contribution in [-0.4, -0.2) is 36.1 Å². The number of hydrogen-bond donors (Lipinski definition) is 0. The number of rotatable bonds is 8. The molecule has 3 aromatic rings. The Hall–Kier alpha value is -2.79. The zero-order valence-corrected chi connectivity index (χ0v) is 16.2. The maximum Gasteiger partial charge on any atom is 0.159 e. The molecule has 0 bridgehead atoms. The van der Waals surface area contributed by atoms with Gasteiger partial charge in [0.05, 0.1) is 5.69 Å². The zero-order chi connectivity index (χ0) is 19.9. The summed E-state index contributed by atoms with van der Waals surface area (Å²) in [4.78, 5) is 6.76. The third-order valence-electron chi connectivity index (χ3n) is 4.74. The van der Waals surface area contributed by atoms with Gasteiger partial charge >= 0.3 is 0 Å². The average Bonchev–Trinajstić information content (AvgIpc) is 2.74. The molecular formula is C23H24F2N2O. The van der Waals surface area contributed by atoms with Crippen molar-refractivity contribution in [1.29, 1.82) is 0 Å². The van der Waals surface area contributed by atoms with Crippen LogP contribution in [0.4, 0.5) is 8.78 Å². The molecule has 0 aliphatic heterocycles. The predicted octanol–water partition coefficient (Wildman–Crippen LogP) is 5.41. The highest BCUT2D eigenvalue weighted by molar-refractivity contribution is 5.67. The molecule has 0 unspecified atom stereocenters. The Morgan fingerprint density at radius 3 is 2.11 bits per heavy atom. The van der Waals surface area contributed by atoms with Crippen LogP contribution in [0, 0.1) is 11.6 Å². The van der Waals surface area contributed by atoms with Crippen LogP contribution in [0.1, 0.15) is 13.8 Å². The summed E-state index contributed by atoms with van der Waals surface area (Å²) in [6, 6.07) is 15.4. The molecule has 0 atom stereocenters. The van der Waals surface area contributed by atoms with Crippen molar-refractivity contribution in [3.05, 3.63) is 72.4 Å². The molecular weight excluding hydrogens is 358 g/mol. The number of pyridine rings is 1. The predicted molar refractivity (Wildman–Crippen MR) is 108 cm³/mol. The van der Waals surface area contributed by atoms with Crippen molar-refractivity contribution in [2.45, 2.75) is 13.8 Å². The van der Waals surface area contributed by atoms with Crippen LogP contribution in [0.3, 0.4) is 0 Å². The van der Waals surface area contributed by atoms with Gasteiger partial charge in [0.15, 0.2) is 11.6 Å². The highest BCUT2D eigenvalue weighted by Gasteiger charge is 2.06. The van der Waals surface area contributed by atoms with Gasteiger partial charge in [-0.25, -0.2) is 8.78 Å². The molecule has 0 radical (unpaired) electrons. The van der Waals surface area contributed by atoms with Gasteiger partial charge in [-0.15, -0.1) is 0 Å². The molecule has 2 aromatic carbocycles. The van der Waals surface area contributed by atoms with Crippen molar-refractivity contribution in [3.63, 3.8) is 0 Å². The second kappa shape index (κ2) is 9.42. The van der Waals surface area contributed by atoms with Crippen LogP contribution in [0.5, 0.6) is 5.75 Å². The fraction of sp³-hybridized carbons (Fsp3) is 0.261. The summed E-state index contributed by atoms with van der Waals surface area (Å²) in [5, 5.41) is 0. The van der Waals surface area contributed by atoms with E-state index in [1.807, 2.05) is 36.4 Å². The first-order valence-electron chi connectivity index (χ1n) is 9.47. The molecule has 1 heterocycles. The normalized spacial score (nSPS) is 11.0. The third-order valence-corrected chi connectivity index (χ3v) is 4.74. The molecule has 0 fully saturated rings. The Balaban J connectivity index is 1.64. The van der Waals surface area contributed by atoms with Gasteiger partial charge in [0.2, 0.25) is 0 Å². The van der Waals surface area contributed by atoms with Gasteiger partial charge in [-0.05, 0) is 61.1 Å². The lowest BCUT2D eigenvalue weighted by molar-refractivity contribution is 0.223. The number of halogens is 2. The Bertz CT molecular complexity index is 891. The molecule has 28 heavy (non-hydrogen) atoms. The summed E-state index contributed by atoms with van der Waals surface area (Å²) < 4.78 is 32.3. The Labute approximate surface area is 164 Å². The number of ether oxygens (including phenoxy) is 1. The lowest BCUT2D eigenvalue weighted by Gasteiger charge is -2.18. The minimum absolute atomic E-state index is 0.593. The van der Waals surface area contributed by atoms with Crippen LogP contribution in [0.25, 0.3) is 22.4 Å². The first kappa shape index (κ1) is 20.0. The van der Waals surface area contributed by atoms with Gasteiger partial charge in [0.25, 0.3) is 0 Å². The maximum absolute atomic E-state index is 13.4. The van der Waals surface area contributed by atoms with Crippen molar-refractivity contribution in [3.8, 4) is 28.1 Å². The molecule has 1 aromatic heterocycles. The second-order valence-electron chi connectivity index (χ2n) is 6.46. The van der Waals surface area contributed by atoms with Gasteiger partial charge in [0, 0.05) is 23.9 Å². The molecule has 0 aliphatic carbocycles. The van der Waals surface area contributed by atoms with E-state index in [-0.39, 0.29) is 0 Å². The molecule has 0 saturated heterocycles. The van der Waals surface area contributed by atoms with Gasteiger partial charge in [0.1, 0.15) is 12.4 Å². The fourth-order valence-electron chi connectivity index (χ4n) is 2.97.